The fourth-order valence-electron chi connectivity index (χ4n) is 3.94. The maximum absolute atomic E-state index is 15.5. The van der Waals surface area contributed by atoms with Crippen molar-refractivity contribution in [2.24, 2.45) is 0 Å². The second-order valence-electron chi connectivity index (χ2n) is 8.29. The predicted molar refractivity (Wildman–Crippen MR) is 130 cm³/mol. The van der Waals surface area contributed by atoms with Crippen molar-refractivity contribution in [3.8, 4) is 17.4 Å². The maximum Gasteiger partial charge on any atom is 0.424 e. The molecule has 0 N–H and O–H groups in total. The zero-order valence-electron chi connectivity index (χ0n) is 19.5. The van der Waals surface area contributed by atoms with Crippen molar-refractivity contribution in [2.45, 2.75) is 20.8 Å². The van der Waals surface area contributed by atoms with Crippen molar-refractivity contribution in [1.29, 1.82) is 0 Å². The van der Waals surface area contributed by atoms with E-state index in [-0.39, 0.29) is 34.0 Å². The maximum atomic E-state index is 15.5. The van der Waals surface area contributed by atoms with E-state index in [4.69, 9.17) is 9.47 Å². The van der Waals surface area contributed by atoms with Crippen molar-refractivity contribution in [3.63, 3.8) is 0 Å². The lowest BCUT2D eigenvalue weighted by Gasteiger charge is -2.11. The molecule has 0 aliphatic rings. The van der Waals surface area contributed by atoms with Crippen molar-refractivity contribution in [2.75, 3.05) is 0 Å². The smallest absolute Gasteiger partial charge is 0.424 e. The highest BCUT2D eigenvalue weighted by atomic mass is 19.1. The first-order valence-electron chi connectivity index (χ1n) is 10.9. The van der Waals surface area contributed by atoms with E-state index >= 15 is 4.39 Å². The molecule has 0 spiro atoms. The first kappa shape index (κ1) is 22.9. The number of ether oxygens (including phenoxy) is 2. The number of non-ortho nitro benzene ring substituents is 1. The van der Waals surface area contributed by atoms with Gasteiger partial charge < -0.3 is 9.47 Å². The fourth-order valence-corrected chi connectivity index (χ4v) is 3.94. The molecule has 0 fully saturated rings. The zero-order chi connectivity index (χ0) is 25.6. The Hall–Kier alpha value is -4.86. The minimum atomic E-state index is -0.780. The highest BCUT2D eigenvalue weighted by Crippen LogP contribution is 2.34. The summed E-state index contributed by atoms with van der Waals surface area (Å²) in [5.41, 5.74) is 3.36. The summed E-state index contributed by atoms with van der Waals surface area (Å²) in [6.45, 7) is 5.57. The summed E-state index contributed by atoms with van der Waals surface area (Å²) in [5.74, 6) is -0.377. The molecule has 0 aliphatic heterocycles. The van der Waals surface area contributed by atoms with Crippen LogP contribution in [0.1, 0.15) is 16.8 Å². The number of carbonyl (C=O) groups excluding carboxylic acids is 1. The summed E-state index contributed by atoms with van der Waals surface area (Å²) in [6, 6.07) is 13.4. The number of rotatable bonds is 4. The number of carbonyl (C=O) groups is 1. The van der Waals surface area contributed by atoms with E-state index < -0.39 is 16.8 Å². The van der Waals surface area contributed by atoms with Gasteiger partial charge in [-0.15, -0.1) is 0 Å². The van der Waals surface area contributed by atoms with Crippen LogP contribution in [0.3, 0.4) is 0 Å². The highest BCUT2D eigenvalue weighted by molar-refractivity contribution is 5.93. The molecular formula is C26H19FN4O5. The first-order valence-corrected chi connectivity index (χ1v) is 10.9. The van der Waals surface area contributed by atoms with E-state index in [9.17, 15) is 14.9 Å². The quantitative estimate of drug-likeness (QED) is 0.214. The fraction of sp³-hybridized carbons (Fsp3) is 0.115. The van der Waals surface area contributed by atoms with Crippen molar-refractivity contribution < 1.29 is 23.6 Å². The van der Waals surface area contributed by atoms with Gasteiger partial charge in [-0.05, 0) is 74.4 Å². The van der Waals surface area contributed by atoms with Gasteiger partial charge in [0.2, 0.25) is 5.88 Å². The lowest BCUT2D eigenvalue weighted by atomic mass is 10.1. The van der Waals surface area contributed by atoms with E-state index in [0.717, 1.165) is 11.1 Å². The summed E-state index contributed by atoms with van der Waals surface area (Å²) in [6.07, 6.45) is 0.578. The van der Waals surface area contributed by atoms with Crippen LogP contribution in [0, 0.1) is 36.7 Å². The molecule has 3 aromatic carbocycles. The molecule has 10 heteroatoms. The van der Waals surface area contributed by atoms with Crippen LogP contribution < -0.4 is 9.47 Å². The molecule has 0 saturated carbocycles. The van der Waals surface area contributed by atoms with Crippen LogP contribution in [0.2, 0.25) is 0 Å². The van der Waals surface area contributed by atoms with Crippen LogP contribution >= 0.6 is 0 Å². The standard InChI is InChI=1S/C26H19FN4O5/c1-14-10-19-21(11-15(14)2)28-13-29-25(19)36-23-9-8-22-20(24(23)27)12-16(3)30(22)26(32)35-18-6-4-17(5-7-18)31(33)34/h4-13H,1-3H3. The molecule has 5 aromatic rings. The molecule has 36 heavy (non-hydrogen) atoms. The monoisotopic (exact) mass is 486 g/mol. The summed E-state index contributed by atoms with van der Waals surface area (Å²) in [7, 11) is 0. The second kappa shape index (κ2) is 8.73. The number of aryl methyl sites for hydroxylation is 3. The zero-order valence-corrected chi connectivity index (χ0v) is 19.5. The van der Waals surface area contributed by atoms with Gasteiger partial charge in [0.15, 0.2) is 11.6 Å². The minimum Gasteiger partial charge on any atom is -0.435 e. The number of aromatic nitrogens is 3. The molecule has 0 aliphatic carbocycles. The molecule has 2 heterocycles. The van der Waals surface area contributed by atoms with Crippen LogP contribution in [-0.2, 0) is 0 Å². The summed E-state index contributed by atoms with van der Waals surface area (Å²) in [5, 5.41) is 11.6. The van der Waals surface area contributed by atoms with Crippen LogP contribution in [0.4, 0.5) is 14.9 Å². The Labute approximate surface area is 203 Å². The lowest BCUT2D eigenvalue weighted by molar-refractivity contribution is -0.384. The molecule has 0 bridgehead atoms. The van der Waals surface area contributed by atoms with Crippen LogP contribution in [0.25, 0.3) is 21.8 Å². The lowest BCUT2D eigenvalue weighted by Crippen LogP contribution is -2.17. The van der Waals surface area contributed by atoms with Gasteiger partial charge in [-0.3, -0.25) is 10.1 Å². The Balaban J connectivity index is 1.48. The molecule has 9 nitrogen and oxygen atoms in total. The molecule has 2 aromatic heterocycles. The van der Waals surface area contributed by atoms with E-state index in [2.05, 4.69) is 9.97 Å². The average Bonchev–Trinajstić information content (AvgIpc) is 3.19. The molecular weight excluding hydrogens is 467 g/mol. The van der Waals surface area contributed by atoms with Crippen molar-refractivity contribution in [1.82, 2.24) is 14.5 Å². The Bertz CT molecular complexity index is 1680. The Morgan fingerprint density at radius 2 is 1.69 bits per heavy atom. The molecule has 0 unspecified atom stereocenters. The largest absolute Gasteiger partial charge is 0.435 e. The molecule has 0 radical (unpaired) electrons. The summed E-state index contributed by atoms with van der Waals surface area (Å²) in [4.78, 5) is 31.6. The van der Waals surface area contributed by atoms with Gasteiger partial charge in [0.25, 0.3) is 5.69 Å². The third kappa shape index (κ3) is 3.98. The van der Waals surface area contributed by atoms with E-state index in [1.165, 1.54) is 47.3 Å². The second-order valence-corrected chi connectivity index (χ2v) is 8.29. The molecule has 0 atom stereocenters. The number of hydrogen-bond acceptors (Lipinski definition) is 7. The van der Waals surface area contributed by atoms with Gasteiger partial charge in [0.05, 0.1) is 21.3 Å². The van der Waals surface area contributed by atoms with Gasteiger partial charge >= 0.3 is 6.09 Å². The molecule has 5 rings (SSSR count). The normalized spacial score (nSPS) is 11.1. The number of nitrogens with zero attached hydrogens (tertiary/aromatic N) is 4. The SMILES string of the molecule is Cc1cc2ncnc(Oc3ccc4c(cc(C)n4C(=O)Oc4ccc([N+](=O)[O-])cc4)c3F)c2cc1C. The minimum absolute atomic E-state index is 0.0541. The van der Waals surface area contributed by atoms with Crippen molar-refractivity contribution >= 4 is 33.6 Å². The third-order valence-corrected chi connectivity index (χ3v) is 5.92. The number of nitro benzene ring substituents is 1. The molecule has 180 valence electrons. The number of fused-ring (bicyclic) bond motifs is 2. The third-order valence-electron chi connectivity index (χ3n) is 5.92. The van der Waals surface area contributed by atoms with Gasteiger partial charge in [0.1, 0.15) is 12.1 Å². The van der Waals surface area contributed by atoms with Gasteiger partial charge in [-0.1, -0.05) is 0 Å². The number of nitro groups is 1. The Morgan fingerprint density at radius 3 is 2.42 bits per heavy atom. The number of benzene rings is 3. The first-order chi connectivity index (χ1) is 17.2. The number of hydrogen-bond donors (Lipinski definition) is 0. The summed E-state index contributed by atoms with van der Waals surface area (Å²) < 4.78 is 27.9. The molecule has 0 amide bonds. The average molecular weight is 486 g/mol. The van der Waals surface area contributed by atoms with Gasteiger partial charge in [-0.2, -0.15) is 0 Å². The topological polar surface area (TPSA) is 109 Å². The summed E-state index contributed by atoms with van der Waals surface area (Å²) >= 11 is 0. The predicted octanol–water partition coefficient (Wildman–Crippen LogP) is 6.40. The molecule has 0 saturated heterocycles. The Kier molecular flexibility index (Phi) is 5.56. The van der Waals surface area contributed by atoms with Gasteiger partial charge in [0, 0.05) is 23.2 Å². The van der Waals surface area contributed by atoms with Crippen LogP contribution in [-0.4, -0.2) is 25.6 Å². The van der Waals surface area contributed by atoms with Crippen LogP contribution in [0.5, 0.6) is 17.4 Å². The van der Waals surface area contributed by atoms with Crippen LogP contribution in [0.15, 0.2) is 60.9 Å². The van der Waals surface area contributed by atoms with E-state index in [0.29, 0.717) is 16.6 Å². The van der Waals surface area contributed by atoms with Gasteiger partial charge in [-0.25, -0.2) is 23.7 Å². The van der Waals surface area contributed by atoms with E-state index in [1.807, 2.05) is 26.0 Å². The Morgan fingerprint density at radius 1 is 0.972 bits per heavy atom. The number of halogens is 1. The van der Waals surface area contributed by atoms with Crippen molar-refractivity contribution in [3.05, 3.63) is 93.7 Å². The van der Waals surface area contributed by atoms with E-state index in [1.54, 1.807) is 13.0 Å². The highest BCUT2D eigenvalue weighted by Gasteiger charge is 2.21.